The highest BCUT2D eigenvalue weighted by molar-refractivity contribution is 8.02. The van der Waals surface area contributed by atoms with Gasteiger partial charge in [0, 0.05) is 30.1 Å². The molecule has 0 radical (unpaired) electrons. The number of aliphatic hydroxyl groups is 1. The van der Waals surface area contributed by atoms with Gasteiger partial charge in [0.1, 0.15) is 11.8 Å². The molecule has 1 aromatic carbocycles. The van der Waals surface area contributed by atoms with Gasteiger partial charge in [-0.25, -0.2) is 0 Å². The molecule has 1 aromatic rings. The molecular weight excluding hydrogens is 480 g/mol. The van der Waals surface area contributed by atoms with Crippen molar-refractivity contribution < 1.29 is 29.0 Å². The largest absolute Gasteiger partial charge is 0.497 e. The lowest BCUT2D eigenvalue weighted by molar-refractivity contribution is -0.154. The van der Waals surface area contributed by atoms with Crippen LogP contribution in [0.25, 0.3) is 0 Å². The summed E-state index contributed by atoms with van der Waals surface area (Å²) in [4.78, 5) is 45.0. The van der Waals surface area contributed by atoms with Gasteiger partial charge in [-0.15, -0.1) is 11.8 Å². The van der Waals surface area contributed by atoms with Crippen LogP contribution in [0, 0.1) is 11.8 Å². The van der Waals surface area contributed by atoms with E-state index in [-0.39, 0.29) is 30.9 Å². The fraction of sp³-hybridized carbons (Fsp3) is 0.519. The second-order valence-corrected chi connectivity index (χ2v) is 11.7. The van der Waals surface area contributed by atoms with Crippen molar-refractivity contribution in [1.29, 1.82) is 0 Å². The van der Waals surface area contributed by atoms with E-state index in [1.807, 2.05) is 37.3 Å². The molecule has 9 heteroatoms. The van der Waals surface area contributed by atoms with Crippen molar-refractivity contribution in [3.05, 3.63) is 48.6 Å². The summed E-state index contributed by atoms with van der Waals surface area (Å²) in [6.07, 6.45) is 9.89. The number of hydrogen-bond acceptors (Lipinski definition) is 7. The van der Waals surface area contributed by atoms with E-state index in [9.17, 15) is 19.5 Å². The Morgan fingerprint density at radius 3 is 2.61 bits per heavy atom. The third-order valence-corrected chi connectivity index (χ3v) is 9.49. The maximum Gasteiger partial charge on any atom is 0.311 e. The number of allylic oxidation sites excluding steroid dienone is 1. The Kier molecular flexibility index (Phi) is 6.63. The van der Waals surface area contributed by atoms with E-state index in [1.54, 1.807) is 29.0 Å². The summed E-state index contributed by atoms with van der Waals surface area (Å²) in [5, 5.41) is 9.53. The Labute approximate surface area is 215 Å². The van der Waals surface area contributed by atoms with Crippen molar-refractivity contribution >= 4 is 35.2 Å². The zero-order valence-corrected chi connectivity index (χ0v) is 21.4. The second-order valence-electron chi connectivity index (χ2n) is 9.87. The van der Waals surface area contributed by atoms with Crippen LogP contribution in [-0.2, 0) is 19.1 Å². The Balaban J connectivity index is 1.61. The first-order valence-electron chi connectivity index (χ1n) is 12.5. The number of esters is 1. The summed E-state index contributed by atoms with van der Waals surface area (Å²) in [5.74, 6) is -1.57. The summed E-state index contributed by atoms with van der Waals surface area (Å²) < 4.78 is 9.28. The van der Waals surface area contributed by atoms with Crippen molar-refractivity contribution in [3.8, 4) is 5.75 Å². The highest BCUT2D eigenvalue weighted by Crippen LogP contribution is 2.65. The molecule has 192 valence electrons. The van der Waals surface area contributed by atoms with Crippen LogP contribution in [0.3, 0.4) is 0 Å². The predicted octanol–water partition coefficient (Wildman–Crippen LogP) is 2.56. The van der Waals surface area contributed by atoms with Gasteiger partial charge in [0.05, 0.1) is 30.3 Å². The second kappa shape index (κ2) is 9.59. The van der Waals surface area contributed by atoms with Crippen LogP contribution in [0.1, 0.15) is 26.2 Å². The minimum Gasteiger partial charge on any atom is -0.497 e. The van der Waals surface area contributed by atoms with E-state index in [4.69, 9.17) is 9.47 Å². The van der Waals surface area contributed by atoms with Crippen molar-refractivity contribution in [2.24, 2.45) is 11.8 Å². The SMILES string of the molecule is COc1ccc(N2CC=C[C@]34S[C@]5(C)/C=C\CCCOC(=O)[C@@H]5[C@H]3C(=O)N(CCCO)C4C2=O)cc1. The standard InChI is InChI=1S/C27H32N2O6S/c1-26-12-4-3-5-17-35-25(33)21(26)20-23(31)29(15-7-16-30)22-24(32)28(14-6-13-27(20,22)36-26)18-8-10-19(34-2)11-9-18/h4,6,8-13,20-22,30H,3,5,7,14-17H2,1-2H3/b12-4-/t20-,21-,22?,26+,27-/m0/s1. The lowest BCUT2D eigenvalue weighted by atomic mass is 9.74. The van der Waals surface area contributed by atoms with E-state index in [2.05, 4.69) is 6.08 Å². The molecule has 2 amide bonds. The number of cyclic esters (lactones) is 1. The predicted molar refractivity (Wildman–Crippen MR) is 137 cm³/mol. The van der Waals surface area contributed by atoms with Crippen LogP contribution in [0.15, 0.2) is 48.6 Å². The van der Waals surface area contributed by atoms with E-state index in [0.29, 0.717) is 31.0 Å². The van der Waals surface area contributed by atoms with Gasteiger partial charge in [-0.3, -0.25) is 14.4 Å². The Bertz CT molecular complexity index is 1100. The summed E-state index contributed by atoms with van der Waals surface area (Å²) in [6.45, 7) is 2.78. The number of ether oxygens (including phenoxy) is 2. The number of fused-ring (bicyclic) bond motifs is 2. The molecule has 1 N–H and O–H groups in total. The molecule has 4 heterocycles. The van der Waals surface area contributed by atoms with Crippen LogP contribution >= 0.6 is 11.8 Å². The molecule has 1 spiro atoms. The van der Waals surface area contributed by atoms with Crippen molar-refractivity contribution in [2.75, 3.05) is 38.3 Å². The maximum absolute atomic E-state index is 14.3. The molecule has 0 aliphatic carbocycles. The van der Waals surface area contributed by atoms with Gasteiger partial charge in [0.2, 0.25) is 5.91 Å². The lowest BCUT2D eigenvalue weighted by Gasteiger charge is -2.36. The monoisotopic (exact) mass is 512 g/mol. The number of carbonyl (C=O) groups is 3. The molecule has 4 aliphatic rings. The molecule has 36 heavy (non-hydrogen) atoms. The minimum absolute atomic E-state index is 0.0978. The normalized spacial score (nSPS) is 34.6. The highest BCUT2D eigenvalue weighted by atomic mass is 32.2. The quantitative estimate of drug-likeness (QED) is 0.479. The smallest absolute Gasteiger partial charge is 0.311 e. The summed E-state index contributed by atoms with van der Waals surface area (Å²) >= 11 is 1.53. The van der Waals surface area contributed by atoms with Gasteiger partial charge in [-0.1, -0.05) is 24.3 Å². The Hall–Kier alpha value is -2.78. The zero-order valence-electron chi connectivity index (χ0n) is 20.6. The third kappa shape index (κ3) is 3.84. The van der Waals surface area contributed by atoms with Gasteiger partial charge in [0.15, 0.2) is 0 Å². The fourth-order valence-electron chi connectivity index (χ4n) is 6.11. The number of anilines is 1. The first-order chi connectivity index (χ1) is 17.4. The molecule has 0 aromatic heterocycles. The number of nitrogens with zero attached hydrogens (tertiary/aromatic N) is 2. The molecular formula is C27H32N2O6S. The topological polar surface area (TPSA) is 96.4 Å². The molecule has 0 bridgehead atoms. The first kappa shape index (κ1) is 24.9. The summed E-state index contributed by atoms with van der Waals surface area (Å²) in [6, 6.07) is 6.46. The number of rotatable bonds is 5. The summed E-state index contributed by atoms with van der Waals surface area (Å²) in [5.41, 5.74) is 0.705. The zero-order chi connectivity index (χ0) is 25.5. The Morgan fingerprint density at radius 1 is 1.11 bits per heavy atom. The van der Waals surface area contributed by atoms with Crippen LogP contribution in [0.2, 0.25) is 0 Å². The van der Waals surface area contributed by atoms with E-state index in [0.717, 1.165) is 12.8 Å². The van der Waals surface area contributed by atoms with Gasteiger partial charge in [-0.2, -0.15) is 0 Å². The number of carbonyl (C=O) groups excluding carboxylic acids is 3. The van der Waals surface area contributed by atoms with E-state index < -0.39 is 27.4 Å². The molecule has 2 fully saturated rings. The van der Waals surface area contributed by atoms with Gasteiger partial charge < -0.3 is 24.4 Å². The number of amides is 2. The van der Waals surface area contributed by atoms with Crippen molar-refractivity contribution in [1.82, 2.24) is 4.90 Å². The molecule has 5 atom stereocenters. The molecule has 4 aliphatic heterocycles. The van der Waals surface area contributed by atoms with Gasteiger partial charge in [-0.05, 0) is 50.5 Å². The molecule has 8 nitrogen and oxygen atoms in total. The number of aliphatic hydroxyl groups excluding tert-OH is 1. The van der Waals surface area contributed by atoms with Crippen molar-refractivity contribution in [2.45, 2.75) is 41.7 Å². The number of thioether (sulfide) groups is 1. The number of methoxy groups -OCH3 is 1. The highest BCUT2D eigenvalue weighted by Gasteiger charge is 2.73. The average molecular weight is 513 g/mol. The van der Waals surface area contributed by atoms with Gasteiger partial charge >= 0.3 is 5.97 Å². The number of benzene rings is 1. The van der Waals surface area contributed by atoms with Crippen molar-refractivity contribution in [3.63, 3.8) is 0 Å². The van der Waals surface area contributed by atoms with Crippen LogP contribution in [0.4, 0.5) is 5.69 Å². The Morgan fingerprint density at radius 2 is 1.89 bits per heavy atom. The molecule has 5 rings (SSSR count). The number of hydrogen-bond donors (Lipinski definition) is 1. The van der Waals surface area contributed by atoms with Gasteiger partial charge in [0.25, 0.3) is 5.91 Å². The molecule has 0 saturated carbocycles. The molecule has 1 unspecified atom stereocenters. The van der Waals surface area contributed by atoms with E-state index in [1.165, 1.54) is 11.8 Å². The maximum atomic E-state index is 14.3. The lowest BCUT2D eigenvalue weighted by Crippen LogP contribution is -2.53. The fourth-order valence-corrected chi connectivity index (χ4v) is 8.26. The summed E-state index contributed by atoms with van der Waals surface area (Å²) in [7, 11) is 1.59. The first-order valence-corrected chi connectivity index (χ1v) is 13.3. The van der Waals surface area contributed by atoms with Crippen LogP contribution in [0.5, 0.6) is 5.75 Å². The van der Waals surface area contributed by atoms with E-state index >= 15 is 0 Å². The molecule has 2 saturated heterocycles. The average Bonchev–Trinajstić information content (AvgIpc) is 3.22. The number of likely N-dealkylation sites (tertiary alicyclic amines) is 1. The minimum atomic E-state index is -0.924. The van der Waals surface area contributed by atoms with Crippen LogP contribution in [-0.4, -0.2) is 76.7 Å². The third-order valence-electron chi connectivity index (χ3n) is 7.69. The van der Waals surface area contributed by atoms with Crippen LogP contribution < -0.4 is 9.64 Å².